The zero-order chi connectivity index (χ0) is 21.7. The molecule has 156 valence electrons. The molecular formula is C23H26N4O3. The van der Waals surface area contributed by atoms with E-state index in [9.17, 15) is 14.4 Å². The first-order chi connectivity index (χ1) is 14.4. The van der Waals surface area contributed by atoms with Gasteiger partial charge < -0.3 is 10.6 Å². The molecule has 2 amide bonds. The van der Waals surface area contributed by atoms with Crippen molar-refractivity contribution < 1.29 is 9.59 Å². The highest BCUT2D eigenvalue weighted by atomic mass is 16.2. The molecule has 0 saturated heterocycles. The third-order valence-corrected chi connectivity index (χ3v) is 5.01. The van der Waals surface area contributed by atoms with Crippen molar-refractivity contribution in [3.05, 3.63) is 69.8 Å². The molecule has 7 heteroatoms. The molecule has 0 bridgehead atoms. The largest absolute Gasteiger partial charge is 0.352 e. The number of amides is 2. The van der Waals surface area contributed by atoms with Crippen LogP contribution in [0.5, 0.6) is 0 Å². The number of unbranched alkanes of at least 4 members (excludes halogenated alkanes) is 1. The number of carbonyl (C=O) groups excluding carboxylic acids is 2. The molecule has 7 nitrogen and oxygen atoms in total. The van der Waals surface area contributed by atoms with Crippen LogP contribution in [0.3, 0.4) is 0 Å². The molecule has 0 aliphatic carbocycles. The summed E-state index contributed by atoms with van der Waals surface area (Å²) in [7, 11) is 0. The van der Waals surface area contributed by atoms with E-state index in [0.29, 0.717) is 28.7 Å². The van der Waals surface area contributed by atoms with Crippen molar-refractivity contribution in [2.75, 3.05) is 11.9 Å². The van der Waals surface area contributed by atoms with E-state index in [0.717, 1.165) is 24.0 Å². The van der Waals surface area contributed by atoms with E-state index < -0.39 is 0 Å². The quantitative estimate of drug-likeness (QED) is 0.590. The molecule has 0 atom stereocenters. The number of fused-ring (bicyclic) bond motifs is 1. The second kappa shape index (κ2) is 9.35. The Bertz CT molecular complexity index is 1150. The first kappa shape index (κ1) is 21.2. The molecule has 0 aliphatic rings. The zero-order valence-corrected chi connectivity index (χ0v) is 17.5. The molecule has 1 heterocycles. The van der Waals surface area contributed by atoms with Gasteiger partial charge in [0.2, 0.25) is 5.91 Å². The summed E-state index contributed by atoms with van der Waals surface area (Å²) in [6.45, 7) is 6.49. The van der Waals surface area contributed by atoms with Gasteiger partial charge in [-0.15, -0.1) is 0 Å². The lowest BCUT2D eigenvalue weighted by Crippen LogP contribution is -2.28. The number of hydrogen-bond acceptors (Lipinski definition) is 4. The Balaban J connectivity index is 1.75. The van der Waals surface area contributed by atoms with Gasteiger partial charge in [-0.2, -0.15) is 0 Å². The minimum atomic E-state index is -0.326. The normalized spacial score (nSPS) is 10.8. The molecule has 0 aliphatic heterocycles. The topological polar surface area (TPSA) is 93.1 Å². The van der Waals surface area contributed by atoms with Crippen LogP contribution in [0, 0.1) is 13.8 Å². The van der Waals surface area contributed by atoms with Gasteiger partial charge in [0.25, 0.3) is 11.5 Å². The van der Waals surface area contributed by atoms with Crippen LogP contribution in [-0.4, -0.2) is 27.9 Å². The average molecular weight is 406 g/mol. The fourth-order valence-corrected chi connectivity index (χ4v) is 3.07. The van der Waals surface area contributed by atoms with Crippen molar-refractivity contribution in [3.63, 3.8) is 0 Å². The maximum Gasteiger partial charge on any atom is 0.261 e. The maximum atomic E-state index is 12.7. The Hall–Kier alpha value is -3.48. The molecule has 2 aromatic carbocycles. The number of carbonyl (C=O) groups is 2. The van der Waals surface area contributed by atoms with E-state index in [-0.39, 0.29) is 23.9 Å². The Morgan fingerprint density at radius 1 is 1.07 bits per heavy atom. The highest BCUT2D eigenvalue weighted by Crippen LogP contribution is 2.14. The first-order valence-electron chi connectivity index (χ1n) is 10.0. The van der Waals surface area contributed by atoms with E-state index in [2.05, 4.69) is 22.5 Å². The Kier molecular flexibility index (Phi) is 6.61. The van der Waals surface area contributed by atoms with Crippen LogP contribution in [0.2, 0.25) is 0 Å². The second-order valence-electron chi connectivity index (χ2n) is 7.37. The second-order valence-corrected chi connectivity index (χ2v) is 7.37. The van der Waals surface area contributed by atoms with Crippen molar-refractivity contribution in [1.29, 1.82) is 0 Å². The zero-order valence-electron chi connectivity index (χ0n) is 17.5. The van der Waals surface area contributed by atoms with Gasteiger partial charge in [-0.05, 0) is 61.7 Å². The molecule has 30 heavy (non-hydrogen) atoms. The molecule has 0 saturated carbocycles. The standard InChI is InChI=1S/C23H26N4O3/c1-4-5-10-24-22(29)17-7-9-19-20(12-17)25-14-27(23(19)30)13-21(28)26-18-8-6-15(2)16(3)11-18/h6-9,11-12,14H,4-5,10,13H2,1-3H3,(H,24,29)(H,26,28). The van der Waals surface area contributed by atoms with E-state index in [1.807, 2.05) is 32.0 Å². The number of benzene rings is 2. The van der Waals surface area contributed by atoms with Gasteiger partial charge in [-0.25, -0.2) is 4.98 Å². The van der Waals surface area contributed by atoms with Crippen LogP contribution in [0.15, 0.2) is 47.5 Å². The van der Waals surface area contributed by atoms with Crippen molar-refractivity contribution in [2.45, 2.75) is 40.2 Å². The van der Waals surface area contributed by atoms with Gasteiger partial charge in [0.05, 0.1) is 17.2 Å². The van der Waals surface area contributed by atoms with Gasteiger partial charge in [0, 0.05) is 17.8 Å². The van der Waals surface area contributed by atoms with Gasteiger partial charge in [0.1, 0.15) is 6.54 Å². The van der Waals surface area contributed by atoms with E-state index in [4.69, 9.17) is 0 Å². The third-order valence-electron chi connectivity index (χ3n) is 5.01. The van der Waals surface area contributed by atoms with Gasteiger partial charge >= 0.3 is 0 Å². The van der Waals surface area contributed by atoms with Crippen molar-refractivity contribution in [1.82, 2.24) is 14.9 Å². The maximum absolute atomic E-state index is 12.7. The van der Waals surface area contributed by atoms with E-state index >= 15 is 0 Å². The SMILES string of the molecule is CCCCNC(=O)c1ccc2c(=O)n(CC(=O)Nc3ccc(C)c(C)c3)cnc2c1. The number of aryl methyl sites for hydroxylation is 2. The van der Waals surface area contributed by atoms with Crippen LogP contribution in [-0.2, 0) is 11.3 Å². The van der Waals surface area contributed by atoms with Crippen LogP contribution < -0.4 is 16.2 Å². The van der Waals surface area contributed by atoms with Crippen LogP contribution in [0.25, 0.3) is 10.9 Å². The molecule has 3 aromatic rings. The molecule has 0 unspecified atom stereocenters. The number of anilines is 1. The lowest BCUT2D eigenvalue weighted by molar-refractivity contribution is -0.116. The van der Waals surface area contributed by atoms with Crippen LogP contribution >= 0.6 is 0 Å². The predicted molar refractivity (Wildman–Crippen MR) is 118 cm³/mol. The molecule has 0 radical (unpaired) electrons. The Labute approximate surface area is 175 Å². The Morgan fingerprint density at radius 3 is 2.60 bits per heavy atom. The van der Waals surface area contributed by atoms with Gasteiger partial charge in [-0.3, -0.25) is 19.0 Å². The summed E-state index contributed by atoms with van der Waals surface area (Å²) in [4.78, 5) is 41.6. The number of hydrogen-bond donors (Lipinski definition) is 2. The van der Waals surface area contributed by atoms with E-state index in [1.165, 1.54) is 10.9 Å². The lowest BCUT2D eigenvalue weighted by Gasteiger charge is -2.10. The predicted octanol–water partition coefficient (Wildman–Crippen LogP) is 3.18. The summed E-state index contributed by atoms with van der Waals surface area (Å²) in [5, 5.41) is 6.01. The fourth-order valence-electron chi connectivity index (χ4n) is 3.07. The van der Waals surface area contributed by atoms with Gasteiger partial charge in [0.15, 0.2) is 0 Å². The monoisotopic (exact) mass is 406 g/mol. The highest BCUT2D eigenvalue weighted by Gasteiger charge is 2.12. The summed E-state index contributed by atoms with van der Waals surface area (Å²) in [5.74, 6) is -0.502. The van der Waals surface area contributed by atoms with E-state index in [1.54, 1.807) is 18.2 Å². The minimum Gasteiger partial charge on any atom is -0.352 e. The van der Waals surface area contributed by atoms with Crippen LogP contribution in [0.4, 0.5) is 5.69 Å². The number of nitrogens with zero attached hydrogens (tertiary/aromatic N) is 2. The molecule has 3 rings (SSSR count). The van der Waals surface area contributed by atoms with Gasteiger partial charge in [-0.1, -0.05) is 19.4 Å². The fraction of sp³-hybridized carbons (Fsp3) is 0.304. The summed E-state index contributed by atoms with van der Waals surface area (Å²) in [6, 6.07) is 10.4. The number of rotatable bonds is 7. The van der Waals surface area contributed by atoms with Crippen molar-refractivity contribution in [3.8, 4) is 0 Å². The van der Waals surface area contributed by atoms with Crippen molar-refractivity contribution in [2.24, 2.45) is 0 Å². The minimum absolute atomic E-state index is 0.145. The molecule has 2 N–H and O–H groups in total. The van der Waals surface area contributed by atoms with Crippen LogP contribution in [0.1, 0.15) is 41.3 Å². The number of aromatic nitrogens is 2. The molecular weight excluding hydrogens is 380 g/mol. The summed E-state index contributed by atoms with van der Waals surface area (Å²) in [5.41, 5.74) is 3.45. The summed E-state index contributed by atoms with van der Waals surface area (Å²) < 4.78 is 1.26. The lowest BCUT2D eigenvalue weighted by atomic mass is 10.1. The molecule has 0 fully saturated rings. The number of nitrogens with one attached hydrogen (secondary N) is 2. The average Bonchev–Trinajstić information content (AvgIpc) is 2.72. The highest BCUT2D eigenvalue weighted by molar-refractivity contribution is 5.97. The van der Waals surface area contributed by atoms with Crippen molar-refractivity contribution >= 4 is 28.4 Å². The molecule has 0 spiro atoms. The summed E-state index contributed by atoms with van der Waals surface area (Å²) >= 11 is 0. The summed E-state index contributed by atoms with van der Waals surface area (Å²) in [6.07, 6.45) is 3.24. The first-order valence-corrected chi connectivity index (χ1v) is 10.0. The molecule has 1 aromatic heterocycles. The third kappa shape index (κ3) is 4.92. The smallest absolute Gasteiger partial charge is 0.261 e. The Morgan fingerprint density at radius 2 is 1.87 bits per heavy atom.